The zero-order chi connectivity index (χ0) is 20.8. The predicted octanol–water partition coefficient (Wildman–Crippen LogP) is 4.14. The summed E-state index contributed by atoms with van der Waals surface area (Å²) in [5.74, 6) is -0.0512. The summed E-state index contributed by atoms with van der Waals surface area (Å²) in [5.41, 5.74) is 6.93. The van der Waals surface area contributed by atoms with Gasteiger partial charge in [0.2, 0.25) is 0 Å². The predicted molar refractivity (Wildman–Crippen MR) is 111 cm³/mol. The van der Waals surface area contributed by atoms with Gasteiger partial charge in [-0.1, -0.05) is 19.8 Å². The van der Waals surface area contributed by atoms with Gasteiger partial charge in [0.15, 0.2) is 5.82 Å². The molecule has 0 saturated heterocycles. The largest absolute Gasteiger partial charge is 0.383 e. The van der Waals surface area contributed by atoms with Gasteiger partial charge in [-0.05, 0) is 43.9 Å². The molecule has 2 N–H and O–H groups in total. The second kappa shape index (κ2) is 7.22. The van der Waals surface area contributed by atoms with Crippen LogP contribution in [0.25, 0.3) is 22.2 Å². The number of nitrogens with two attached hydrogens (primary N) is 1. The quantitative estimate of drug-likeness (QED) is 0.656. The van der Waals surface area contributed by atoms with E-state index in [1.807, 2.05) is 19.9 Å². The van der Waals surface area contributed by atoms with E-state index in [1.165, 1.54) is 6.07 Å². The van der Waals surface area contributed by atoms with Crippen molar-refractivity contribution in [2.24, 2.45) is 0 Å². The molecule has 0 amide bonds. The standard InChI is InChI=1S/C22H25FN4O2/c1-4-5-6-8-27-9-7-13-10-15(17(23)11-14(13)21(27)28)20-25-18-16(19(24)26-20)12-29-22(18,2)3/h7,9-11H,4-6,8,12H2,1-3H3,(H2,24,25,26). The average molecular weight is 396 g/mol. The zero-order valence-electron chi connectivity index (χ0n) is 17.0. The highest BCUT2D eigenvalue weighted by atomic mass is 19.1. The first kappa shape index (κ1) is 19.5. The highest BCUT2D eigenvalue weighted by Crippen LogP contribution is 2.38. The number of halogens is 1. The lowest BCUT2D eigenvalue weighted by Crippen LogP contribution is -2.20. The van der Waals surface area contributed by atoms with Crippen LogP contribution in [0.2, 0.25) is 0 Å². The molecule has 7 heteroatoms. The highest BCUT2D eigenvalue weighted by Gasteiger charge is 2.35. The van der Waals surface area contributed by atoms with Crippen LogP contribution in [0.1, 0.15) is 51.3 Å². The molecule has 0 atom stereocenters. The van der Waals surface area contributed by atoms with Crippen molar-refractivity contribution in [3.63, 3.8) is 0 Å². The van der Waals surface area contributed by atoms with Crippen LogP contribution in [0.4, 0.5) is 10.2 Å². The molecule has 4 rings (SSSR count). The molecule has 0 saturated carbocycles. The van der Waals surface area contributed by atoms with Gasteiger partial charge in [-0.15, -0.1) is 0 Å². The van der Waals surface area contributed by atoms with Crippen LogP contribution in [0.5, 0.6) is 0 Å². The fourth-order valence-electron chi connectivity index (χ4n) is 3.77. The molecular weight excluding hydrogens is 371 g/mol. The summed E-state index contributed by atoms with van der Waals surface area (Å²) in [4.78, 5) is 21.6. The monoisotopic (exact) mass is 396 g/mol. The molecule has 0 unspecified atom stereocenters. The second-order valence-corrected chi connectivity index (χ2v) is 8.00. The minimum atomic E-state index is -0.610. The first-order chi connectivity index (χ1) is 13.8. The van der Waals surface area contributed by atoms with Crippen molar-refractivity contribution in [1.29, 1.82) is 0 Å². The van der Waals surface area contributed by atoms with E-state index in [9.17, 15) is 9.18 Å². The average Bonchev–Trinajstić information content (AvgIpc) is 2.99. The van der Waals surface area contributed by atoms with Crippen molar-refractivity contribution in [3.8, 4) is 11.4 Å². The summed E-state index contributed by atoms with van der Waals surface area (Å²) in [6.45, 7) is 6.87. The van der Waals surface area contributed by atoms with Crippen molar-refractivity contribution >= 4 is 16.6 Å². The van der Waals surface area contributed by atoms with Crippen LogP contribution in [-0.2, 0) is 23.5 Å². The number of hydrogen-bond donors (Lipinski definition) is 1. The minimum absolute atomic E-state index is 0.187. The van der Waals surface area contributed by atoms with E-state index in [2.05, 4.69) is 16.9 Å². The molecule has 3 aromatic rings. The summed E-state index contributed by atoms with van der Waals surface area (Å²) in [6.07, 6.45) is 4.81. The Bertz CT molecular complexity index is 1150. The number of anilines is 1. The van der Waals surface area contributed by atoms with Crippen LogP contribution in [-0.4, -0.2) is 14.5 Å². The fourth-order valence-corrected chi connectivity index (χ4v) is 3.77. The maximum atomic E-state index is 15.0. The third-order valence-corrected chi connectivity index (χ3v) is 5.49. The van der Waals surface area contributed by atoms with Crippen LogP contribution < -0.4 is 11.3 Å². The van der Waals surface area contributed by atoms with Gasteiger partial charge in [-0.3, -0.25) is 4.79 Å². The lowest BCUT2D eigenvalue weighted by atomic mass is 10.0. The number of nitrogens with zero attached hydrogens (tertiary/aromatic N) is 3. The number of fused-ring (bicyclic) bond motifs is 2. The summed E-state index contributed by atoms with van der Waals surface area (Å²) in [7, 11) is 0. The number of unbranched alkanes of at least 4 members (excludes halogenated alkanes) is 2. The first-order valence-electron chi connectivity index (χ1n) is 9.95. The Balaban J connectivity index is 1.80. The summed E-state index contributed by atoms with van der Waals surface area (Å²) < 4.78 is 22.4. The van der Waals surface area contributed by atoms with Crippen LogP contribution in [0, 0.1) is 5.82 Å². The molecule has 0 fully saturated rings. The van der Waals surface area contributed by atoms with Crippen molar-refractivity contribution in [2.75, 3.05) is 5.73 Å². The molecular formula is C22H25FN4O2. The molecule has 0 aliphatic carbocycles. The fraction of sp³-hybridized carbons (Fsp3) is 0.409. The normalized spacial score (nSPS) is 15.0. The SMILES string of the molecule is CCCCCn1ccc2cc(-c3nc(N)c4c(n3)C(C)(C)OC4)c(F)cc2c1=O. The molecule has 0 spiro atoms. The zero-order valence-corrected chi connectivity index (χ0v) is 17.0. The number of ether oxygens (including phenoxy) is 1. The Morgan fingerprint density at radius 2 is 2.07 bits per heavy atom. The summed E-state index contributed by atoms with van der Waals surface area (Å²) >= 11 is 0. The maximum Gasteiger partial charge on any atom is 0.258 e. The topological polar surface area (TPSA) is 83.0 Å². The van der Waals surface area contributed by atoms with Crippen LogP contribution >= 0.6 is 0 Å². The van der Waals surface area contributed by atoms with Gasteiger partial charge in [-0.25, -0.2) is 14.4 Å². The third kappa shape index (κ3) is 3.40. The molecule has 1 aliphatic rings. The van der Waals surface area contributed by atoms with Gasteiger partial charge in [-0.2, -0.15) is 0 Å². The minimum Gasteiger partial charge on any atom is -0.383 e. The molecule has 2 aromatic heterocycles. The van der Waals surface area contributed by atoms with E-state index in [1.54, 1.807) is 16.8 Å². The van der Waals surface area contributed by atoms with E-state index in [0.717, 1.165) is 24.8 Å². The number of pyridine rings is 1. The Labute approximate surface area is 168 Å². The molecule has 0 radical (unpaired) electrons. The highest BCUT2D eigenvalue weighted by molar-refractivity contribution is 5.86. The third-order valence-electron chi connectivity index (χ3n) is 5.49. The molecule has 6 nitrogen and oxygen atoms in total. The summed E-state index contributed by atoms with van der Waals surface area (Å²) in [5, 5.41) is 0.999. The molecule has 1 aliphatic heterocycles. The van der Waals surface area contributed by atoms with Gasteiger partial charge in [0, 0.05) is 18.3 Å². The van der Waals surface area contributed by atoms with Gasteiger partial charge in [0.25, 0.3) is 5.56 Å². The van der Waals surface area contributed by atoms with E-state index in [4.69, 9.17) is 10.5 Å². The van der Waals surface area contributed by atoms with Crippen molar-refractivity contribution in [2.45, 2.75) is 58.8 Å². The van der Waals surface area contributed by atoms with Gasteiger partial charge in [0.1, 0.15) is 17.2 Å². The van der Waals surface area contributed by atoms with E-state index in [-0.39, 0.29) is 16.9 Å². The molecule has 29 heavy (non-hydrogen) atoms. The van der Waals surface area contributed by atoms with Gasteiger partial charge in [0.05, 0.1) is 23.3 Å². The second-order valence-electron chi connectivity index (χ2n) is 8.00. The van der Waals surface area contributed by atoms with Crippen molar-refractivity contribution in [1.82, 2.24) is 14.5 Å². The van der Waals surface area contributed by atoms with E-state index < -0.39 is 11.4 Å². The number of aromatic nitrogens is 3. The molecule has 1 aromatic carbocycles. The van der Waals surface area contributed by atoms with E-state index in [0.29, 0.717) is 35.4 Å². The van der Waals surface area contributed by atoms with Crippen LogP contribution in [0.3, 0.4) is 0 Å². The molecule has 152 valence electrons. The smallest absolute Gasteiger partial charge is 0.258 e. The maximum absolute atomic E-state index is 15.0. The number of rotatable bonds is 5. The van der Waals surface area contributed by atoms with Crippen molar-refractivity contribution in [3.05, 3.63) is 51.8 Å². The number of benzene rings is 1. The van der Waals surface area contributed by atoms with Gasteiger partial charge >= 0.3 is 0 Å². The lowest BCUT2D eigenvalue weighted by Gasteiger charge is -2.18. The molecule has 3 heterocycles. The lowest BCUT2D eigenvalue weighted by molar-refractivity contribution is -0.00995. The Hall–Kier alpha value is -2.80. The van der Waals surface area contributed by atoms with Gasteiger partial charge < -0.3 is 15.0 Å². The van der Waals surface area contributed by atoms with Crippen LogP contribution in [0.15, 0.2) is 29.2 Å². The number of nitrogen functional groups attached to an aromatic ring is 1. The van der Waals surface area contributed by atoms with Crippen molar-refractivity contribution < 1.29 is 9.13 Å². The number of hydrogen-bond acceptors (Lipinski definition) is 5. The number of aryl methyl sites for hydroxylation is 1. The Morgan fingerprint density at radius 3 is 2.83 bits per heavy atom. The Kier molecular flexibility index (Phi) is 4.86. The van der Waals surface area contributed by atoms with E-state index >= 15 is 0 Å². The summed E-state index contributed by atoms with van der Waals surface area (Å²) in [6, 6.07) is 4.72. The molecule has 0 bridgehead atoms. The first-order valence-corrected chi connectivity index (χ1v) is 9.95. The Morgan fingerprint density at radius 1 is 1.28 bits per heavy atom.